The minimum atomic E-state index is 0.461. The molecule has 1 aromatic heterocycles. The minimum absolute atomic E-state index is 0.461. The van der Waals surface area contributed by atoms with Crippen LogP contribution in [0.25, 0.3) is 0 Å². The first-order valence-corrected chi connectivity index (χ1v) is 7.64. The summed E-state index contributed by atoms with van der Waals surface area (Å²) in [5.41, 5.74) is 1.08. The van der Waals surface area contributed by atoms with Gasteiger partial charge in [0.15, 0.2) is 0 Å². The van der Waals surface area contributed by atoms with Crippen molar-refractivity contribution in [3.05, 3.63) is 28.0 Å². The molecule has 2 fully saturated rings. The van der Waals surface area contributed by atoms with Crippen LogP contribution < -0.4 is 0 Å². The Bertz CT molecular complexity index is 466. The fourth-order valence-electron chi connectivity index (χ4n) is 3.32. The number of pyridine rings is 1. The zero-order valence-corrected chi connectivity index (χ0v) is 12.7. The van der Waals surface area contributed by atoms with E-state index in [4.69, 9.17) is 23.2 Å². The number of likely N-dealkylation sites (tertiary alicyclic amines) is 1. The quantitative estimate of drug-likeness (QED) is 0.783. The molecule has 0 spiro atoms. The number of rotatable bonds is 2. The molecule has 5 heteroatoms. The van der Waals surface area contributed by atoms with Crippen molar-refractivity contribution in [2.45, 2.75) is 37.9 Å². The summed E-state index contributed by atoms with van der Waals surface area (Å²) in [5.74, 6) is 0. The molecule has 0 aromatic carbocycles. The van der Waals surface area contributed by atoms with Crippen LogP contribution in [0.3, 0.4) is 0 Å². The van der Waals surface area contributed by atoms with E-state index in [0.717, 1.165) is 31.2 Å². The second-order valence-electron chi connectivity index (χ2n) is 5.66. The summed E-state index contributed by atoms with van der Waals surface area (Å²) in [7, 11) is 2.27. The molecule has 2 aliphatic rings. The van der Waals surface area contributed by atoms with Gasteiger partial charge in [0.1, 0.15) is 10.3 Å². The number of nitrogens with zero attached hydrogens (tertiary/aromatic N) is 3. The van der Waals surface area contributed by atoms with Gasteiger partial charge >= 0.3 is 0 Å². The Kier molecular flexibility index (Phi) is 3.99. The zero-order valence-electron chi connectivity index (χ0n) is 11.1. The molecule has 2 saturated heterocycles. The summed E-state index contributed by atoms with van der Waals surface area (Å²) < 4.78 is 0. The standard InChI is InChI=1S/C14H19Cl2N3/c1-18-11-3-4-12(18)9-19(7-6-11)8-10-2-5-13(15)17-14(10)16/h2,5,11-12H,3-4,6-9H2,1H3. The predicted molar refractivity (Wildman–Crippen MR) is 78.7 cm³/mol. The van der Waals surface area contributed by atoms with Crippen molar-refractivity contribution in [1.82, 2.24) is 14.8 Å². The molecular weight excluding hydrogens is 281 g/mol. The summed E-state index contributed by atoms with van der Waals surface area (Å²) >= 11 is 12.0. The molecule has 2 aliphatic heterocycles. The average Bonchev–Trinajstić information content (AvgIpc) is 2.60. The molecule has 1 aromatic rings. The van der Waals surface area contributed by atoms with Gasteiger partial charge in [0.2, 0.25) is 0 Å². The fourth-order valence-corrected chi connectivity index (χ4v) is 3.73. The predicted octanol–water partition coefficient (Wildman–Crippen LogP) is 3.06. The normalized spacial score (nSPS) is 28.6. The number of likely N-dealkylation sites (N-methyl/N-ethyl adjacent to an activating group) is 1. The van der Waals surface area contributed by atoms with Gasteiger partial charge in [0, 0.05) is 37.3 Å². The van der Waals surface area contributed by atoms with Crippen molar-refractivity contribution in [1.29, 1.82) is 0 Å². The first-order chi connectivity index (χ1) is 9.13. The molecule has 2 bridgehead atoms. The van der Waals surface area contributed by atoms with E-state index < -0.39 is 0 Å². The van der Waals surface area contributed by atoms with E-state index in [-0.39, 0.29) is 0 Å². The molecule has 19 heavy (non-hydrogen) atoms. The third-order valence-electron chi connectivity index (χ3n) is 4.52. The smallest absolute Gasteiger partial charge is 0.135 e. The van der Waals surface area contributed by atoms with Gasteiger partial charge in [-0.05, 0) is 32.4 Å². The Hall–Kier alpha value is -0.350. The summed E-state index contributed by atoms with van der Waals surface area (Å²) in [4.78, 5) is 9.17. The topological polar surface area (TPSA) is 19.4 Å². The summed E-state index contributed by atoms with van der Waals surface area (Å²) in [6, 6.07) is 5.28. The molecule has 2 atom stereocenters. The van der Waals surface area contributed by atoms with Gasteiger partial charge in [-0.2, -0.15) is 0 Å². The van der Waals surface area contributed by atoms with Crippen LogP contribution in [-0.4, -0.2) is 47.0 Å². The summed E-state index contributed by atoms with van der Waals surface area (Å²) in [6.07, 6.45) is 3.94. The molecule has 0 aliphatic carbocycles. The number of fused-ring (bicyclic) bond motifs is 2. The lowest BCUT2D eigenvalue weighted by Crippen LogP contribution is -2.36. The van der Waals surface area contributed by atoms with Crippen molar-refractivity contribution in [2.75, 3.05) is 20.1 Å². The molecule has 3 heterocycles. The van der Waals surface area contributed by atoms with Crippen LogP contribution in [0.2, 0.25) is 10.3 Å². The van der Waals surface area contributed by atoms with Crippen molar-refractivity contribution >= 4 is 23.2 Å². The van der Waals surface area contributed by atoms with Crippen LogP contribution in [0.4, 0.5) is 0 Å². The van der Waals surface area contributed by atoms with Crippen LogP contribution in [0, 0.1) is 0 Å². The van der Waals surface area contributed by atoms with Crippen molar-refractivity contribution in [3.63, 3.8) is 0 Å². The van der Waals surface area contributed by atoms with E-state index in [1.54, 1.807) is 0 Å². The van der Waals surface area contributed by atoms with Gasteiger partial charge in [0.05, 0.1) is 0 Å². The second-order valence-corrected chi connectivity index (χ2v) is 6.40. The maximum absolute atomic E-state index is 6.16. The number of aromatic nitrogens is 1. The Balaban J connectivity index is 1.70. The molecule has 104 valence electrons. The Morgan fingerprint density at radius 1 is 1.21 bits per heavy atom. The average molecular weight is 300 g/mol. The van der Waals surface area contributed by atoms with Gasteiger partial charge in [-0.1, -0.05) is 29.3 Å². The van der Waals surface area contributed by atoms with Crippen LogP contribution in [0.5, 0.6) is 0 Å². The fraction of sp³-hybridized carbons (Fsp3) is 0.643. The first kappa shape index (κ1) is 13.6. The highest BCUT2D eigenvalue weighted by Gasteiger charge is 2.34. The highest BCUT2D eigenvalue weighted by Crippen LogP contribution is 2.29. The first-order valence-electron chi connectivity index (χ1n) is 6.88. The van der Waals surface area contributed by atoms with Crippen LogP contribution in [0.15, 0.2) is 12.1 Å². The van der Waals surface area contributed by atoms with Crippen LogP contribution >= 0.6 is 23.2 Å². The molecular formula is C14H19Cl2N3. The van der Waals surface area contributed by atoms with E-state index in [2.05, 4.69) is 21.8 Å². The minimum Gasteiger partial charge on any atom is -0.299 e. The van der Waals surface area contributed by atoms with Crippen LogP contribution in [-0.2, 0) is 6.54 Å². The summed E-state index contributed by atoms with van der Waals surface area (Å²) in [6.45, 7) is 3.15. The molecule has 2 unspecified atom stereocenters. The SMILES string of the molecule is CN1C2CCC1CN(Cc1ccc(Cl)nc1Cl)CC2. The monoisotopic (exact) mass is 299 g/mol. The maximum Gasteiger partial charge on any atom is 0.135 e. The number of hydrogen-bond acceptors (Lipinski definition) is 3. The lowest BCUT2D eigenvalue weighted by Gasteiger charge is -2.25. The van der Waals surface area contributed by atoms with Gasteiger partial charge in [-0.15, -0.1) is 0 Å². The molecule has 0 radical (unpaired) electrons. The molecule has 0 amide bonds. The zero-order chi connectivity index (χ0) is 13.4. The molecule has 3 nitrogen and oxygen atoms in total. The van der Waals surface area contributed by atoms with Crippen molar-refractivity contribution < 1.29 is 0 Å². The maximum atomic E-state index is 6.16. The Labute approximate surface area is 124 Å². The van der Waals surface area contributed by atoms with E-state index in [9.17, 15) is 0 Å². The Morgan fingerprint density at radius 3 is 2.79 bits per heavy atom. The summed E-state index contributed by atoms with van der Waals surface area (Å²) in [5, 5.41) is 0.999. The lowest BCUT2D eigenvalue weighted by atomic mass is 10.1. The molecule has 0 N–H and O–H groups in total. The highest BCUT2D eigenvalue weighted by atomic mass is 35.5. The van der Waals surface area contributed by atoms with Gasteiger partial charge in [-0.25, -0.2) is 4.98 Å². The van der Waals surface area contributed by atoms with Gasteiger partial charge in [0.25, 0.3) is 0 Å². The molecule has 3 rings (SSSR count). The van der Waals surface area contributed by atoms with Crippen molar-refractivity contribution in [2.24, 2.45) is 0 Å². The van der Waals surface area contributed by atoms with Gasteiger partial charge in [-0.3, -0.25) is 9.80 Å². The van der Waals surface area contributed by atoms with Crippen molar-refractivity contribution in [3.8, 4) is 0 Å². The lowest BCUT2D eigenvalue weighted by molar-refractivity contribution is 0.214. The largest absolute Gasteiger partial charge is 0.299 e. The Morgan fingerprint density at radius 2 is 2.00 bits per heavy atom. The van der Waals surface area contributed by atoms with E-state index >= 15 is 0 Å². The third-order valence-corrected chi connectivity index (χ3v) is 5.06. The highest BCUT2D eigenvalue weighted by molar-refractivity contribution is 6.32. The van der Waals surface area contributed by atoms with Gasteiger partial charge < -0.3 is 0 Å². The van der Waals surface area contributed by atoms with E-state index in [1.165, 1.54) is 19.3 Å². The van der Waals surface area contributed by atoms with E-state index in [0.29, 0.717) is 16.3 Å². The third kappa shape index (κ3) is 2.89. The molecule has 0 saturated carbocycles. The van der Waals surface area contributed by atoms with Crippen LogP contribution in [0.1, 0.15) is 24.8 Å². The number of hydrogen-bond donors (Lipinski definition) is 0. The second kappa shape index (κ2) is 5.57. The number of halogens is 2. The van der Waals surface area contributed by atoms with E-state index in [1.807, 2.05) is 12.1 Å².